The molecule has 2 aliphatic rings. The van der Waals surface area contributed by atoms with Gasteiger partial charge in [0, 0.05) is 54.9 Å². The molecule has 2 heterocycles. The number of imide groups is 1. The minimum absolute atomic E-state index is 0.381. The summed E-state index contributed by atoms with van der Waals surface area (Å²) in [4.78, 5) is 30.3. The zero-order chi connectivity index (χ0) is 26.8. The highest BCUT2D eigenvalue weighted by Gasteiger charge is 2.27. The van der Waals surface area contributed by atoms with Crippen molar-refractivity contribution >= 4 is 28.8 Å². The van der Waals surface area contributed by atoms with Crippen LogP contribution in [0.2, 0.25) is 0 Å². The van der Waals surface area contributed by atoms with E-state index in [4.69, 9.17) is 0 Å². The van der Waals surface area contributed by atoms with Crippen molar-refractivity contribution in [3.05, 3.63) is 114 Å². The van der Waals surface area contributed by atoms with Crippen LogP contribution in [0.4, 0.5) is 11.4 Å². The van der Waals surface area contributed by atoms with E-state index in [0.717, 1.165) is 54.1 Å². The molecule has 39 heavy (non-hydrogen) atoms. The van der Waals surface area contributed by atoms with E-state index >= 15 is 0 Å². The van der Waals surface area contributed by atoms with Gasteiger partial charge in [-0.05, 0) is 71.8 Å². The van der Waals surface area contributed by atoms with Gasteiger partial charge in [0.25, 0.3) is 11.8 Å². The Balaban J connectivity index is 1.28. The summed E-state index contributed by atoms with van der Waals surface area (Å²) in [6, 6.07) is 32.4. The highest BCUT2D eigenvalue weighted by molar-refractivity contribution is 6.31. The zero-order valence-electron chi connectivity index (χ0n) is 21.9. The minimum atomic E-state index is -0.413. The van der Waals surface area contributed by atoms with Crippen LogP contribution in [-0.2, 0) is 4.79 Å². The summed E-state index contributed by atoms with van der Waals surface area (Å²) in [6.45, 7) is 4.12. The number of carbonyl (C=O) groups is 2. The van der Waals surface area contributed by atoms with E-state index in [1.807, 2.05) is 54.6 Å². The van der Waals surface area contributed by atoms with Gasteiger partial charge in [-0.25, -0.2) is 0 Å². The van der Waals surface area contributed by atoms with E-state index in [1.165, 1.54) is 5.69 Å². The lowest BCUT2D eigenvalue weighted by atomic mass is 9.91. The van der Waals surface area contributed by atoms with Crippen LogP contribution in [-0.4, -0.2) is 49.9 Å². The van der Waals surface area contributed by atoms with Crippen molar-refractivity contribution < 1.29 is 9.59 Å². The average Bonchev–Trinajstić information content (AvgIpc) is 2.98. The number of fused-ring (bicyclic) bond motifs is 1. The summed E-state index contributed by atoms with van der Waals surface area (Å²) in [5, 5.41) is 5.74. The van der Waals surface area contributed by atoms with Crippen molar-refractivity contribution in [3.63, 3.8) is 0 Å². The lowest BCUT2D eigenvalue weighted by molar-refractivity contribution is -0.114. The molecule has 4 aromatic rings. The number of amides is 2. The maximum absolute atomic E-state index is 12.9. The maximum atomic E-state index is 12.9. The van der Waals surface area contributed by atoms with Gasteiger partial charge < -0.3 is 15.1 Å². The topological polar surface area (TPSA) is 64.7 Å². The second kappa shape index (κ2) is 10.6. The van der Waals surface area contributed by atoms with Crippen LogP contribution >= 0.6 is 0 Å². The molecule has 1 saturated heterocycles. The second-order valence-corrected chi connectivity index (χ2v) is 10.0. The molecule has 194 valence electrons. The molecule has 0 unspecified atom stereocenters. The molecular weight excluding hydrogens is 484 g/mol. The van der Waals surface area contributed by atoms with Crippen LogP contribution in [0.25, 0.3) is 27.8 Å². The summed E-state index contributed by atoms with van der Waals surface area (Å²) in [6.07, 6.45) is 1.69. The van der Waals surface area contributed by atoms with Gasteiger partial charge >= 0.3 is 0 Å². The number of nitrogens with zero attached hydrogens (tertiary/aromatic N) is 2. The van der Waals surface area contributed by atoms with Gasteiger partial charge in [0.1, 0.15) is 0 Å². The fraction of sp³-hybridized carbons (Fsp3) is 0.152. The predicted octanol–water partition coefficient (Wildman–Crippen LogP) is 5.50. The predicted molar refractivity (Wildman–Crippen MR) is 158 cm³/mol. The van der Waals surface area contributed by atoms with E-state index in [0.29, 0.717) is 16.7 Å². The lowest BCUT2D eigenvalue weighted by Gasteiger charge is -2.34. The largest absolute Gasteiger partial charge is 0.369 e. The number of anilines is 2. The van der Waals surface area contributed by atoms with Crippen molar-refractivity contribution in [3.8, 4) is 22.3 Å². The molecular formula is C33H30N4O2. The van der Waals surface area contributed by atoms with Crippen molar-refractivity contribution in [2.45, 2.75) is 0 Å². The molecule has 2 N–H and O–H groups in total. The summed E-state index contributed by atoms with van der Waals surface area (Å²) < 4.78 is 0. The minimum Gasteiger partial charge on any atom is -0.369 e. The van der Waals surface area contributed by atoms with Gasteiger partial charge in [0.15, 0.2) is 0 Å². The van der Waals surface area contributed by atoms with Crippen LogP contribution in [0.15, 0.2) is 103 Å². The molecule has 0 atom stereocenters. The molecule has 6 heteroatoms. The van der Waals surface area contributed by atoms with Gasteiger partial charge in [-0.15, -0.1) is 0 Å². The van der Waals surface area contributed by atoms with Crippen molar-refractivity contribution in [1.29, 1.82) is 0 Å². The molecule has 2 aliphatic heterocycles. The number of carbonyl (C=O) groups excluding carboxylic acids is 2. The molecule has 6 rings (SSSR count). The highest BCUT2D eigenvalue weighted by Crippen LogP contribution is 2.32. The number of benzene rings is 4. The number of nitrogens with one attached hydrogen (secondary N) is 2. The monoisotopic (exact) mass is 514 g/mol. The number of hydrogen-bond acceptors (Lipinski definition) is 5. The van der Waals surface area contributed by atoms with Crippen LogP contribution in [0.3, 0.4) is 0 Å². The Morgan fingerprint density at radius 3 is 2.08 bits per heavy atom. The first-order valence-corrected chi connectivity index (χ1v) is 13.2. The van der Waals surface area contributed by atoms with Gasteiger partial charge in [-0.3, -0.25) is 14.9 Å². The number of hydrogen-bond donors (Lipinski definition) is 2. The summed E-state index contributed by atoms with van der Waals surface area (Å²) in [7, 11) is 2.15. The first kappa shape index (κ1) is 24.6. The highest BCUT2D eigenvalue weighted by atomic mass is 16.2. The summed E-state index contributed by atoms with van der Waals surface area (Å²) >= 11 is 0. The molecule has 6 nitrogen and oxygen atoms in total. The Labute approximate surface area is 228 Å². The quantitative estimate of drug-likeness (QED) is 0.272. The van der Waals surface area contributed by atoms with E-state index in [-0.39, 0.29) is 5.91 Å². The van der Waals surface area contributed by atoms with Gasteiger partial charge in [0.05, 0.1) is 5.57 Å². The fourth-order valence-electron chi connectivity index (χ4n) is 5.15. The van der Waals surface area contributed by atoms with Crippen molar-refractivity contribution in [2.24, 2.45) is 0 Å². The maximum Gasteiger partial charge on any atom is 0.260 e. The van der Waals surface area contributed by atoms with E-state index in [9.17, 15) is 9.59 Å². The van der Waals surface area contributed by atoms with E-state index in [2.05, 4.69) is 63.9 Å². The third-order valence-electron chi connectivity index (χ3n) is 7.45. The molecule has 0 radical (unpaired) electrons. The SMILES string of the molecule is CN1CCN(c2ccc(N/C=C3\C(=O)NC(=O)c4ccc(-c5cccc(-c6ccccc6)c5)cc43)cc2)CC1. The Kier molecular flexibility index (Phi) is 6.69. The normalized spacial score (nSPS) is 16.6. The first-order chi connectivity index (χ1) is 19.0. The second-order valence-electron chi connectivity index (χ2n) is 10.0. The van der Waals surface area contributed by atoms with Crippen molar-refractivity contribution in [1.82, 2.24) is 10.2 Å². The molecule has 1 fully saturated rings. The molecule has 0 saturated carbocycles. The Morgan fingerprint density at radius 2 is 1.33 bits per heavy atom. The third kappa shape index (κ3) is 5.19. The van der Waals surface area contributed by atoms with Crippen molar-refractivity contribution in [2.75, 3.05) is 43.4 Å². The van der Waals surface area contributed by atoms with Crippen LogP contribution in [0.5, 0.6) is 0 Å². The zero-order valence-corrected chi connectivity index (χ0v) is 21.9. The molecule has 0 spiro atoms. The molecule has 2 amide bonds. The van der Waals surface area contributed by atoms with Crippen LogP contribution < -0.4 is 15.5 Å². The molecule has 4 aromatic carbocycles. The number of rotatable bonds is 5. The Morgan fingerprint density at radius 1 is 0.667 bits per heavy atom. The van der Waals surface area contributed by atoms with Gasteiger partial charge in [-0.1, -0.05) is 54.6 Å². The van der Waals surface area contributed by atoms with Gasteiger partial charge in [-0.2, -0.15) is 0 Å². The van der Waals surface area contributed by atoms with Crippen LogP contribution in [0, 0.1) is 0 Å². The molecule has 0 aliphatic carbocycles. The average molecular weight is 515 g/mol. The Bertz CT molecular complexity index is 1550. The standard InChI is InChI=1S/C33H30N4O2/c1-36-16-18-37(19-17-36)28-13-11-27(12-14-28)34-22-31-30-21-26(10-15-29(30)32(38)35-33(31)39)25-9-5-8-24(20-25)23-6-3-2-4-7-23/h2-15,20-22,34H,16-19H2,1H3,(H,35,38,39)/b31-22-. The lowest BCUT2D eigenvalue weighted by Crippen LogP contribution is -2.44. The third-order valence-corrected chi connectivity index (χ3v) is 7.45. The Hall–Kier alpha value is -4.68. The van der Waals surface area contributed by atoms with E-state index in [1.54, 1.807) is 12.3 Å². The fourth-order valence-corrected chi connectivity index (χ4v) is 5.15. The summed E-state index contributed by atoms with van der Waals surface area (Å²) in [5.74, 6) is -0.794. The smallest absolute Gasteiger partial charge is 0.260 e. The molecule has 0 aromatic heterocycles. The number of piperazine rings is 1. The summed E-state index contributed by atoms with van der Waals surface area (Å²) in [5.41, 5.74) is 7.79. The van der Waals surface area contributed by atoms with Gasteiger partial charge in [0.2, 0.25) is 0 Å². The number of likely N-dealkylation sites (N-methyl/N-ethyl adjacent to an activating group) is 1. The van der Waals surface area contributed by atoms with Crippen LogP contribution in [0.1, 0.15) is 15.9 Å². The molecule has 0 bridgehead atoms. The first-order valence-electron chi connectivity index (χ1n) is 13.2. The van der Waals surface area contributed by atoms with E-state index < -0.39 is 5.91 Å².